The Balaban J connectivity index is 2.64. The van der Waals surface area contributed by atoms with Crippen molar-refractivity contribution in [2.75, 3.05) is 0 Å². The molecule has 58 valence electrons. The van der Waals surface area contributed by atoms with Crippen LogP contribution in [-0.2, 0) is 0 Å². The van der Waals surface area contributed by atoms with Crippen molar-refractivity contribution in [2.24, 2.45) is 0 Å². The summed E-state index contributed by atoms with van der Waals surface area (Å²) >= 11 is 1.33. The highest BCUT2D eigenvalue weighted by atomic mass is 32.1. The second-order valence-electron chi connectivity index (χ2n) is 2.14. The Bertz CT molecular complexity index is 259. The Kier molecular flexibility index (Phi) is 2.81. The third kappa shape index (κ3) is 2.84. The van der Waals surface area contributed by atoms with Crippen LogP contribution in [0.25, 0.3) is 6.08 Å². The summed E-state index contributed by atoms with van der Waals surface area (Å²) in [4.78, 5) is 0.926. The van der Waals surface area contributed by atoms with Gasteiger partial charge in [-0.1, -0.05) is 12.1 Å². The van der Waals surface area contributed by atoms with Crippen LogP contribution in [0.2, 0.25) is 0 Å². The minimum atomic E-state index is -1.38. The van der Waals surface area contributed by atoms with Gasteiger partial charge >= 0.3 is 7.12 Å². The third-order valence-electron chi connectivity index (χ3n) is 1.08. The monoisotopic (exact) mass is 169 g/mol. The van der Waals surface area contributed by atoms with Crippen molar-refractivity contribution in [3.8, 4) is 0 Å². The highest BCUT2D eigenvalue weighted by Crippen LogP contribution is 2.10. The second kappa shape index (κ2) is 3.66. The van der Waals surface area contributed by atoms with Crippen LogP contribution in [0.3, 0.4) is 0 Å². The summed E-state index contributed by atoms with van der Waals surface area (Å²) in [6, 6.07) is 1.88. The van der Waals surface area contributed by atoms with Gasteiger partial charge in [-0.15, -0.1) is 0 Å². The molecule has 1 aromatic heterocycles. The SMILES string of the molecule is Cc1cc(/C=C/B(O)O)sn1. The van der Waals surface area contributed by atoms with E-state index in [1.807, 2.05) is 13.0 Å². The van der Waals surface area contributed by atoms with E-state index in [0.29, 0.717) is 0 Å². The van der Waals surface area contributed by atoms with Crippen molar-refractivity contribution in [3.63, 3.8) is 0 Å². The lowest BCUT2D eigenvalue weighted by molar-refractivity contribution is 0.424. The average molecular weight is 169 g/mol. The zero-order valence-corrected chi connectivity index (χ0v) is 6.88. The van der Waals surface area contributed by atoms with Gasteiger partial charge in [0.15, 0.2) is 0 Å². The fourth-order valence-electron chi connectivity index (χ4n) is 0.643. The zero-order chi connectivity index (χ0) is 8.27. The lowest BCUT2D eigenvalue weighted by Gasteiger charge is -1.83. The molecule has 0 unspecified atom stereocenters. The molecule has 0 saturated heterocycles. The molecular formula is C6H8BNO2S. The number of aryl methyl sites for hydroxylation is 1. The van der Waals surface area contributed by atoms with E-state index in [0.717, 1.165) is 10.6 Å². The summed E-state index contributed by atoms with van der Waals surface area (Å²) in [7, 11) is -1.38. The molecule has 0 spiro atoms. The molecule has 5 heteroatoms. The normalized spacial score (nSPS) is 10.8. The second-order valence-corrected chi connectivity index (χ2v) is 2.98. The van der Waals surface area contributed by atoms with E-state index in [9.17, 15) is 0 Å². The molecule has 0 aliphatic rings. The van der Waals surface area contributed by atoms with E-state index in [2.05, 4.69) is 4.37 Å². The van der Waals surface area contributed by atoms with Gasteiger partial charge in [0.25, 0.3) is 0 Å². The van der Waals surface area contributed by atoms with Crippen LogP contribution >= 0.6 is 11.5 Å². The van der Waals surface area contributed by atoms with Gasteiger partial charge < -0.3 is 10.0 Å². The summed E-state index contributed by atoms with van der Waals surface area (Å²) in [5.74, 6) is 1.30. The quantitative estimate of drug-likeness (QED) is 0.633. The topological polar surface area (TPSA) is 53.4 Å². The summed E-state index contributed by atoms with van der Waals surface area (Å²) in [5.41, 5.74) is 0.946. The van der Waals surface area contributed by atoms with Crippen molar-refractivity contribution in [2.45, 2.75) is 6.92 Å². The third-order valence-corrected chi connectivity index (χ3v) is 1.92. The first-order valence-electron chi connectivity index (χ1n) is 3.16. The van der Waals surface area contributed by atoms with Crippen molar-refractivity contribution >= 4 is 24.7 Å². The van der Waals surface area contributed by atoms with Crippen LogP contribution in [0.4, 0.5) is 0 Å². The summed E-state index contributed by atoms with van der Waals surface area (Å²) in [5, 5.41) is 16.9. The standard InChI is InChI=1S/C6H8BNO2S/c1-5-4-6(11-8-5)2-3-7(9)10/h2-4,9-10H,1H3/b3-2+. The van der Waals surface area contributed by atoms with Crippen molar-refractivity contribution < 1.29 is 10.0 Å². The molecule has 0 aliphatic heterocycles. The number of aromatic nitrogens is 1. The number of nitrogens with zero attached hydrogens (tertiary/aromatic N) is 1. The van der Waals surface area contributed by atoms with Crippen molar-refractivity contribution in [1.82, 2.24) is 4.37 Å². The van der Waals surface area contributed by atoms with Crippen LogP contribution in [0.5, 0.6) is 0 Å². The van der Waals surface area contributed by atoms with Gasteiger partial charge in [-0.25, -0.2) is 0 Å². The molecule has 0 aromatic carbocycles. The zero-order valence-electron chi connectivity index (χ0n) is 6.06. The maximum absolute atomic E-state index is 8.47. The molecule has 0 atom stereocenters. The summed E-state index contributed by atoms with van der Waals surface area (Å²) in [6.07, 6.45) is 1.63. The molecule has 0 saturated carbocycles. The van der Waals surface area contributed by atoms with Gasteiger partial charge in [-0.3, -0.25) is 0 Å². The summed E-state index contributed by atoms with van der Waals surface area (Å²) in [6.45, 7) is 1.89. The predicted octanol–water partition coefficient (Wildman–Crippen LogP) is 0.477. The van der Waals surface area contributed by atoms with E-state index in [1.165, 1.54) is 17.5 Å². The van der Waals surface area contributed by atoms with Crippen LogP contribution in [0.15, 0.2) is 12.0 Å². The fourth-order valence-corrected chi connectivity index (χ4v) is 1.31. The van der Waals surface area contributed by atoms with Crippen molar-refractivity contribution in [1.29, 1.82) is 0 Å². The summed E-state index contributed by atoms with van der Waals surface area (Å²) < 4.78 is 4.02. The van der Waals surface area contributed by atoms with Gasteiger partial charge in [-0.2, -0.15) is 4.37 Å². The lowest BCUT2D eigenvalue weighted by atomic mass is 9.92. The number of hydrogen-bond donors (Lipinski definition) is 2. The molecule has 3 nitrogen and oxygen atoms in total. The molecule has 11 heavy (non-hydrogen) atoms. The molecule has 0 amide bonds. The average Bonchev–Trinajstić information content (AvgIpc) is 2.31. The highest BCUT2D eigenvalue weighted by molar-refractivity contribution is 7.06. The molecule has 1 rings (SSSR count). The Labute approximate surface area is 69.3 Å². The van der Waals surface area contributed by atoms with Crippen LogP contribution in [0, 0.1) is 6.92 Å². The van der Waals surface area contributed by atoms with Gasteiger partial charge in [-0.05, 0) is 24.5 Å². The smallest absolute Gasteiger partial charge is 0.424 e. The molecule has 0 aliphatic carbocycles. The Hall–Kier alpha value is -0.645. The van der Waals surface area contributed by atoms with Gasteiger partial charge in [0.05, 0.1) is 5.69 Å². The Morgan fingerprint density at radius 3 is 2.82 bits per heavy atom. The van der Waals surface area contributed by atoms with E-state index in [-0.39, 0.29) is 0 Å². The van der Waals surface area contributed by atoms with E-state index >= 15 is 0 Å². The first-order chi connectivity index (χ1) is 5.18. The van der Waals surface area contributed by atoms with Gasteiger partial charge in [0.1, 0.15) is 0 Å². The Morgan fingerprint density at radius 1 is 1.64 bits per heavy atom. The molecule has 2 N–H and O–H groups in total. The minimum absolute atomic E-state index is 0.926. The van der Waals surface area contributed by atoms with Crippen LogP contribution in [-0.4, -0.2) is 21.5 Å². The lowest BCUT2D eigenvalue weighted by Crippen LogP contribution is -2.04. The van der Waals surface area contributed by atoms with Crippen LogP contribution in [0.1, 0.15) is 10.6 Å². The van der Waals surface area contributed by atoms with Gasteiger partial charge in [0, 0.05) is 4.88 Å². The maximum Gasteiger partial charge on any atom is 0.480 e. The van der Waals surface area contributed by atoms with Crippen LogP contribution < -0.4 is 0 Å². The highest BCUT2D eigenvalue weighted by Gasteiger charge is 1.99. The largest absolute Gasteiger partial charge is 0.480 e. The molecular weight excluding hydrogens is 161 g/mol. The first-order valence-corrected chi connectivity index (χ1v) is 3.93. The predicted molar refractivity (Wildman–Crippen MR) is 46.1 cm³/mol. The molecule has 0 radical (unpaired) electrons. The van der Waals surface area contributed by atoms with E-state index in [4.69, 9.17) is 10.0 Å². The van der Waals surface area contributed by atoms with Gasteiger partial charge in [0.2, 0.25) is 0 Å². The van der Waals surface area contributed by atoms with Crippen molar-refractivity contribution in [3.05, 3.63) is 22.6 Å². The van der Waals surface area contributed by atoms with E-state index in [1.54, 1.807) is 6.08 Å². The first kappa shape index (κ1) is 8.45. The van der Waals surface area contributed by atoms with E-state index < -0.39 is 7.12 Å². The molecule has 0 fully saturated rings. The molecule has 1 heterocycles. The number of rotatable bonds is 2. The molecule has 1 aromatic rings. The Morgan fingerprint density at radius 2 is 2.36 bits per heavy atom. The minimum Gasteiger partial charge on any atom is -0.424 e. The number of hydrogen-bond acceptors (Lipinski definition) is 4. The fraction of sp³-hybridized carbons (Fsp3) is 0.167. The maximum atomic E-state index is 8.47. The molecule has 0 bridgehead atoms.